The summed E-state index contributed by atoms with van der Waals surface area (Å²) in [6.45, 7) is 6.57. The van der Waals surface area contributed by atoms with E-state index in [2.05, 4.69) is 39.5 Å². The number of hydrogen-bond donors (Lipinski definition) is 2. The third-order valence-electron chi connectivity index (χ3n) is 4.31. The molecule has 4 heterocycles. The first-order valence-electron chi connectivity index (χ1n) is 7.61. The van der Waals surface area contributed by atoms with Gasteiger partial charge in [0.15, 0.2) is 5.65 Å². The molecule has 4 rings (SSSR count). The highest BCUT2D eigenvalue weighted by Gasteiger charge is 2.37. The molecule has 2 aliphatic rings. The van der Waals surface area contributed by atoms with E-state index in [0.717, 1.165) is 24.4 Å². The van der Waals surface area contributed by atoms with Crippen LogP contribution in [0, 0.1) is 5.41 Å². The Balaban J connectivity index is 1.74. The van der Waals surface area contributed by atoms with Crippen molar-refractivity contribution in [1.29, 1.82) is 0 Å². The maximum atomic E-state index is 12.1. The quantitative estimate of drug-likeness (QED) is 0.842. The molecule has 2 saturated heterocycles. The van der Waals surface area contributed by atoms with Crippen molar-refractivity contribution in [3.63, 3.8) is 0 Å². The van der Waals surface area contributed by atoms with Crippen LogP contribution in [-0.2, 0) is 4.79 Å². The van der Waals surface area contributed by atoms with Gasteiger partial charge in [0.05, 0.1) is 17.3 Å². The lowest BCUT2D eigenvalue weighted by atomic mass is 9.84. The van der Waals surface area contributed by atoms with Gasteiger partial charge in [-0.2, -0.15) is 5.10 Å². The number of nitrogens with one attached hydrogen (secondary N) is 2. The minimum atomic E-state index is -0.493. The van der Waals surface area contributed by atoms with E-state index in [-0.39, 0.29) is 17.9 Å². The van der Waals surface area contributed by atoms with Crippen LogP contribution in [0.25, 0.3) is 5.65 Å². The van der Waals surface area contributed by atoms with Crippen molar-refractivity contribution in [1.82, 2.24) is 25.2 Å². The van der Waals surface area contributed by atoms with E-state index in [9.17, 15) is 9.59 Å². The molecular weight excluding hydrogens is 296 g/mol. The Kier molecular flexibility index (Phi) is 2.84. The molecule has 0 radical (unpaired) electrons. The van der Waals surface area contributed by atoms with E-state index in [1.165, 1.54) is 0 Å². The summed E-state index contributed by atoms with van der Waals surface area (Å²) < 4.78 is 1.69. The second-order valence-electron chi connectivity index (χ2n) is 6.92. The van der Waals surface area contributed by atoms with Crippen molar-refractivity contribution in [2.75, 3.05) is 24.5 Å². The zero-order valence-electron chi connectivity index (χ0n) is 13.0. The minimum Gasteiger partial charge on any atom is -0.367 e. The molecule has 23 heavy (non-hydrogen) atoms. The third kappa shape index (κ3) is 2.30. The van der Waals surface area contributed by atoms with Gasteiger partial charge in [0.1, 0.15) is 0 Å². The molecule has 3 amide bonds. The molecule has 0 aromatic carbocycles. The predicted molar refractivity (Wildman–Crippen MR) is 83.3 cm³/mol. The fourth-order valence-electron chi connectivity index (χ4n) is 3.25. The van der Waals surface area contributed by atoms with Gasteiger partial charge in [-0.15, -0.1) is 0 Å². The van der Waals surface area contributed by atoms with Crippen LogP contribution in [0.5, 0.6) is 0 Å². The van der Waals surface area contributed by atoms with Crippen molar-refractivity contribution in [2.45, 2.75) is 19.8 Å². The number of hydrogen-bond acceptors (Lipinski definition) is 5. The zero-order chi connectivity index (χ0) is 16.2. The second-order valence-corrected chi connectivity index (χ2v) is 6.92. The number of anilines is 1. The summed E-state index contributed by atoms with van der Waals surface area (Å²) in [6, 6.07) is 1.46. The Hall–Kier alpha value is -2.64. The number of aromatic nitrogens is 3. The highest BCUT2D eigenvalue weighted by molar-refractivity contribution is 6.00. The van der Waals surface area contributed by atoms with Gasteiger partial charge >= 0.3 is 6.03 Å². The number of fused-ring (bicyclic) bond motifs is 1. The molecule has 8 nitrogen and oxygen atoms in total. The first kappa shape index (κ1) is 14.0. The number of rotatable bonds is 2. The molecule has 2 aliphatic heterocycles. The maximum Gasteiger partial charge on any atom is 0.321 e. The van der Waals surface area contributed by atoms with Crippen LogP contribution in [-0.4, -0.2) is 46.2 Å². The molecule has 0 saturated carbocycles. The van der Waals surface area contributed by atoms with E-state index >= 15 is 0 Å². The summed E-state index contributed by atoms with van der Waals surface area (Å²) in [4.78, 5) is 30.0. The standard InChI is InChI=1S/C15H18N6O2/c1-15(2)7-20(8-15)11-5-10(19-21-4-3-16-12(11)21)9-6-17-14(23)18-13(9)22/h3-5,9H,6-8H2,1-2H3,(H2,17,18,22,23). The number of imidazole rings is 1. The van der Waals surface area contributed by atoms with Crippen molar-refractivity contribution in [3.8, 4) is 0 Å². The predicted octanol–water partition coefficient (Wildman–Crippen LogP) is 0.498. The third-order valence-corrected chi connectivity index (χ3v) is 4.31. The summed E-state index contributed by atoms with van der Waals surface area (Å²) in [6.07, 6.45) is 3.47. The number of amides is 3. The van der Waals surface area contributed by atoms with Crippen molar-refractivity contribution < 1.29 is 9.59 Å². The van der Waals surface area contributed by atoms with Crippen molar-refractivity contribution in [2.24, 2.45) is 5.41 Å². The Bertz CT molecular complexity index is 803. The van der Waals surface area contributed by atoms with Gasteiger partial charge in [-0.25, -0.2) is 14.3 Å². The number of urea groups is 1. The minimum absolute atomic E-state index is 0.253. The Morgan fingerprint density at radius 3 is 2.78 bits per heavy atom. The molecule has 120 valence electrons. The summed E-state index contributed by atoms with van der Waals surface area (Å²) in [5, 5.41) is 9.42. The number of carbonyl (C=O) groups is 2. The van der Waals surface area contributed by atoms with Crippen molar-refractivity contribution >= 4 is 23.3 Å². The Morgan fingerprint density at radius 1 is 1.30 bits per heavy atom. The van der Waals surface area contributed by atoms with E-state index in [4.69, 9.17) is 0 Å². The molecule has 0 aliphatic carbocycles. The normalized spacial score (nSPS) is 23.4. The highest BCUT2D eigenvalue weighted by atomic mass is 16.2. The lowest BCUT2D eigenvalue weighted by molar-refractivity contribution is -0.122. The molecular formula is C15H18N6O2. The molecule has 0 bridgehead atoms. The van der Waals surface area contributed by atoms with Crippen LogP contribution in [0.15, 0.2) is 18.5 Å². The smallest absolute Gasteiger partial charge is 0.321 e. The second kappa shape index (κ2) is 4.68. The van der Waals surface area contributed by atoms with Crippen molar-refractivity contribution in [3.05, 3.63) is 24.2 Å². The van der Waals surface area contributed by atoms with Crippen LogP contribution in [0.1, 0.15) is 25.5 Å². The molecule has 2 aromatic heterocycles. The van der Waals surface area contributed by atoms with E-state index < -0.39 is 11.9 Å². The van der Waals surface area contributed by atoms with Gasteiger partial charge in [-0.05, 0) is 11.5 Å². The first-order chi connectivity index (χ1) is 10.9. The Morgan fingerprint density at radius 2 is 2.09 bits per heavy atom. The molecule has 8 heteroatoms. The average Bonchev–Trinajstić information content (AvgIpc) is 2.92. The molecule has 1 atom stereocenters. The zero-order valence-corrected chi connectivity index (χ0v) is 13.0. The molecule has 0 spiro atoms. The van der Waals surface area contributed by atoms with Gasteiger partial charge < -0.3 is 10.2 Å². The van der Waals surface area contributed by atoms with Crippen LogP contribution in [0.2, 0.25) is 0 Å². The average molecular weight is 314 g/mol. The maximum absolute atomic E-state index is 12.1. The van der Waals surface area contributed by atoms with E-state index in [1.54, 1.807) is 16.9 Å². The largest absolute Gasteiger partial charge is 0.367 e. The SMILES string of the molecule is CC1(C)CN(c2cc(C3CNC(=O)NC3=O)nn3ccnc23)C1. The van der Waals surface area contributed by atoms with E-state index in [0.29, 0.717) is 5.69 Å². The summed E-state index contributed by atoms with van der Waals surface area (Å²) in [5.41, 5.74) is 2.67. The lowest BCUT2D eigenvalue weighted by Gasteiger charge is -2.47. The molecule has 2 fully saturated rings. The Labute approximate surface area is 132 Å². The van der Waals surface area contributed by atoms with Gasteiger partial charge in [-0.1, -0.05) is 13.8 Å². The topological polar surface area (TPSA) is 91.6 Å². The lowest BCUT2D eigenvalue weighted by Crippen LogP contribution is -2.53. The van der Waals surface area contributed by atoms with E-state index in [1.807, 2.05) is 6.07 Å². The molecule has 2 N–H and O–H groups in total. The van der Waals surface area contributed by atoms with Crippen LogP contribution in [0.4, 0.5) is 10.5 Å². The monoisotopic (exact) mass is 314 g/mol. The first-order valence-corrected chi connectivity index (χ1v) is 7.61. The summed E-state index contributed by atoms with van der Waals surface area (Å²) >= 11 is 0. The van der Waals surface area contributed by atoms with Gasteiger partial charge in [-0.3, -0.25) is 10.1 Å². The van der Waals surface area contributed by atoms with Crippen LogP contribution in [0.3, 0.4) is 0 Å². The number of nitrogens with zero attached hydrogens (tertiary/aromatic N) is 4. The fourth-order valence-corrected chi connectivity index (χ4v) is 3.25. The highest BCUT2D eigenvalue weighted by Crippen LogP contribution is 2.36. The van der Waals surface area contributed by atoms with Gasteiger partial charge in [0.2, 0.25) is 5.91 Å². The summed E-state index contributed by atoms with van der Waals surface area (Å²) in [5.74, 6) is -0.817. The molecule has 2 aromatic rings. The van der Waals surface area contributed by atoms with Crippen LogP contribution >= 0.6 is 0 Å². The number of imide groups is 1. The fraction of sp³-hybridized carbons (Fsp3) is 0.467. The van der Waals surface area contributed by atoms with Gasteiger partial charge in [0.25, 0.3) is 0 Å². The molecule has 1 unspecified atom stereocenters. The van der Waals surface area contributed by atoms with Gasteiger partial charge in [0, 0.05) is 32.0 Å². The van der Waals surface area contributed by atoms with Crippen LogP contribution < -0.4 is 15.5 Å². The number of carbonyl (C=O) groups excluding carboxylic acids is 2. The summed E-state index contributed by atoms with van der Waals surface area (Å²) in [7, 11) is 0.